The molecule has 2 N–H and O–H groups in total. The highest BCUT2D eigenvalue weighted by molar-refractivity contribution is 7.16. The number of aromatic amines is 1. The van der Waals surface area contributed by atoms with Crippen LogP contribution < -0.4 is 0 Å². The fraction of sp³-hybridized carbons (Fsp3) is 0.429. The predicted octanol–water partition coefficient (Wildman–Crippen LogP) is 12.9. The van der Waals surface area contributed by atoms with Crippen LogP contribution in [0.25, 0.3) is 0 Å². The SMILES string of the molecule is CC1(c2cc(CCc3ccc(Cl)s3)[nH]n2)CCCCC1.CC1(c2cc(CCc3ccc(Cl)s3)n(C(=O)c3ccsc3)n2)CCCCC1.O=C(O)c1ccsc1. The van der Waals surface area contributed by atoms with Crippen LogP contribution in [0.1, 0.15) is 131 Å². The third kappa shape index (κ3) is 11.3. The lowest BCUT2D eigenvalue weighted by Gasteiger charge is -2.31. The number of carboxylic acid groups (broad SMARTS) is 1. The number of nitrogens with one attached hydrogen (secondary N) is 1. The Morgan fingerprint density at radius 1 is 0.727 bits per heavy atom. The van der Waals surface area contributed by atoms with Crippen LogP contribution in [0, 0.1) is 0 Å². The lowest BCUT2D eigenvalue weighted by molar-refractivity contribution is 0.0697. The first-order valence-electron chi connectivity index (χ1n) is 19.0. The van der Waals surface area contributed by atoms with Gasteiger partial charge in [0.2, 0.25) is 0 Å². The van der Waals surface area contributed by atoms with Crippen molar-refractivity contribution in [2.75, 3.05) is 0 Å². The molecule has 0 radical (unpaired) electrons. The summed E-state index contributed by atoms with van der Waals surface area (Å²) in [6, 6.07) is 16.0. The van der Waals surface area contributed by atoms with E-state index in [0.29, 0.717) is 16.5 Å². The van der Waals surface area contributed by atoms with Crippen molar-refractivity contribution in [3.05, 3.63) is 122 Å². The molecule has 55 heavy (non-hydrogen) atoms. The number of aryl methyl sites for hydroxylation is 4. The molecule has 0 atom stereocenters. The number of aromatic carboxylic acids is 1. The second-order valence-corrected chi connectivity index (χ2v) is 20.2. The minimum absolute atomic E-state index is 0.0267. The molecule has 6 aromatic heterocycles. The van der Waals surface area contributed by atoms with Crippen molar-refractivity contribution in [2.24, 2.45) is 0 Å². The normalized spacial score (nSPS) is 16.1. The number of rotatable bonds is 10. The van der Waals surface area contributed by atoms with Crippen LogP contribution in [-0.2, 0) is 36.5 Å². The van der Waals surface area contributed by atoms with Crippen molar-refractivity contribution in [1.82, 2.24) is 20.0 Å². The van der Waals surface area contributed by atoms with Gasteiger partial charge in [-0.3, -0.25) is 9.89 Å². The highest BCUT2D eigenvalue weighted by Gasteiger charge is 2.33. The quantitative estimate of drug-likeness (QED) is 0.143. The summed E-state index contributed by atoms with van der Waals surface area (Å²) in [7, 11) is 0. The second kappa shape index (κ2) is 19.4. The molecule has 7 nitrogen and oxygen atoms in total. The fourth-order valence-corrected chi connectivity index (χ4v) is 10.9. The molecule has 6 aromatic rings. The maximum Gasteiger partial charge on any atom is 0.336 e. The summed E-state index contributed by atoms with van der Waals surface area (Å²) in [6.07, 6.45) is 16.4. The average Bonchev–Trinajstić information content (AvgIpc) is 4.02. The van der Waals surface area contributed by atoms with Gasteiger partial charge in [0, 0.05) is 42.7 Å². The molecule has 2 saturated carbocycles. The zero-order chi connectivity index (χ0) is 38.8. The highest BCUT2D eigenvalue weighted by atomic mass is 35.5. The number of H-pyrrole nitrogens is 1. The lowest BCUT2D eigenvalue weighted by atomic mass is 9.73. The Hall–Kier alpha value is -3.06. The zero-order valence-corrected chi connectivity index (χ0v) is 36.1. The number of aromatic nitrogens is 4. The molecule has 2 fully saturated rings. The Kier molecular flexibility index (Phi) is 14.7. The third-order valence-corrected chi connectivity index (χ3v) is 14.8. The second-order valence-electron chi connectivity index (χ2n) is 15.0. The van der Waals surface area contributed by atoms with E-state index < -0.39 is 5.97 Å². The van der Waals surface area contributed by atoms with Crippen molar-refractivity contribution in [1.29, 1.82) is 0 Å². The first-order chi connectivity index (χ1) is 26.5. The molecule has 0 aliphatic heterocycles. The number of hydrogen-bond donors (Lipinski definition) is 2. The maximum atomic E-state index is 13.0. The minimum Gasteiger partial charge on any atom is -0.478 e. The molecule has 0 amide bonds. The Bertz CT molecular complexity index is 2100. The van der Waals surface area contributed by atoms with E-state index in [0.717, 1.165) is 58.6 Å². The van der Waals surface area contributed by atoms with Gasteiger partial charge in [-0.2, -0.15) is 32.9 Å². The van der Waals surface area contributed by atoms with E-state index >= 15 is 0 Å². The van der Waals surface area contributed by atoms with Crippen molar-refractivity contribution in [3.8, 4) is 0 Å². The molecule has 0 saturated heterocycles. The molecule has 0 unspecified atom stereocenters. The summed E-state index contributed by atoms with van der Waals surface area (Å²) >= 11 is 18.2. The standard InChI is InChI=1S/C21H23ClN2OS2.C16H21ClN2S.C5H4O2S/c1-21(10-3-2-4-11-21)18-13-16(5-6-17-7-8-19(22)27-17)24(23-18)20(25)15-9-12-26-14-15;1-16(9-3-2-4-10-16)14-11-12(18-19-14)5-6-13-7-8-15(17)20-13;6-5(7)4-1-2-8-3-4/h7-9,12-14H,2-6,10-11H2,1H3;7-8,11H,2-6,9-10H2,1H3,(H,18,19);1-3H,(H,6,7). The van der Waals surface area contributed by atoms with Crippen LogP contribution in [0.2, 0.25) is 8.67 Å². The van der Waals surface area contributed by atoms with Crippen LogP contribution in [0.3, 0.4) is 0 Å². The first kappa shape index (κ1) is 41.6. The monoisotopic (exact) mass is 854 g/mol. The van der Waals surface area contributed by atoms with E-state index in [-0.39, 0.29) is 11.3 Å². The van der Waals surface area contributed by atoms with Gasteiger partial charge in [0.15, 0.2) is 0 Å². The van der Waals surface area contributed by atoms with E-state index in [1.165, 1.54) is 83.8 Å². The van der Waals surface area contributed by atoms with Crippen molar-refractivity contribution >= 4 is 80.4 Å². The van der Waals surface area contributed by atoms with E-state index in [1.54, 1.807) is 55.5 Å². The number of carbonyl (C=O) groups excluding carboxylic acids is 1. The Balaban J connectivity index is 0.000000160. The number of nitrogens with zero attached hydrogens (tertiary/aromatic N) is 3. The molecule has 0 spiro atoms. The molecule has 13 heteroatoms. The topological polar surface area (TPSA) is 101 Å². The van der Waals surface area contributed by atoms with Gasteiger partial charge in [-0.15, -0.1) is 22.7 Å². The highest BCUT2D eigenvalue weighted by Crippen LogP contribution is 2.40. The molecular weight excluding hydrogens is 808 g/mol. The van der Waals surface area contributed by atoms with Crippen LogP contribution in [0.5, 0.6) is 0 Å². The number of carboxylic acids is 1. The first-order valence-corrected chi connectivity index (χ1v) is 23.2. The molecule has 292 valence electrons. The average molecular weight is 856 g/mol. The van der Waals surface area contributed by atoms with Gasteiger partial charge in [-0.05, 0) is 111 Å². The van der Waals surface area contributed by atoms with Crippen LogP contribution in [0.15, 0.2) is 70.1 Å². The van der Waals surface area contributed by atoms with Crippen molar-refractivity contribution in [3.63, 3.8) is 0 Å². The molecule has 6 heterocycles. The van der Waals surface area contributed by atoms with Gasteiger partial charge in [0.1, 0.15) is 0 Å². The van der Waals surface area contributed by atoms with Gasteiger partial charge >= 0.3 is 5.97 Å². The molecule has 0 aromatic carbocycles. The van der Waals surface area contributed by atoms with Gasteiger partial charge in [0.05, 0.1) is 31.2 Å². The van der Waals surface area contributed by atoms with Crippen LogP contribution in [0.4, 0.5) is 0 Å². The zero-order valence-electron chi connectivity index (χ0n) is 31.3. The van der Waals surface area contributed by atoms with Crippen LogP contribution >= 0.6 is 68.5 Å². The van der Waals surface area contributed by atoms with E-state index in [4.69, 9.17) is 33.4 Å². The minimum atomic E-state index is -0.855. The van der Waals surface area contributed by atoms with Crippen molar-refractivity contribution < 1.29 is 14.7 Å². The Morgan fingerprint density at radius 3 is 1.76 bits per heavy atom. The number of halogens is 2. The van der Waals surface area contributed by atoms with Crippen LogP contribution in [-0.4, -0.2) is 37.0 Å². The molecule has 2 aliphatic carbocycles. The summed E-state index contributed by atoms with van der Waals surface area (Å²) in [4.78, 5) is 25.7. The van der Waals surface area contributed by atoms with Gasteiger partial charge in [0.25, 0.3) is 5.91 Å². The summed E-state index contributed by atoms with van der Waals surface area (Å²) < 4.78 is 3.33. The van der Waals surface area contributed by atoms with E-state index in [9.17, 15) is 9.59 Å². The van der Waals surface area contributed by atoms with E-state index in [2.05, 4.69) is 48.3 Å². The molecule has 0 bridgehead atoms. The smallest absolute Gasteiger partial charge is 0.336 e. The Morgan fingerprint density at radius 2 is 1.27 bits per heavy atom. The number of carbonyl (C=O) groups is 2. The van der Waals surface area contributed by atoms with Gasteiger partial charge in [-0.1, -0.05) is 75.6 Å². The summed E-state index contributed by atoms with van der Waals surface area (Å²) in [5, 5.41) is 28.1. The Labute approximate surface area is 349 Å². The summed E-state index contributed by atoms with van der Waals surface area (Å²) in [5.74, 6) is -0.882. The van der Waals surface area contributed by atoms with Gasteiger partial charge < -0.3 is 5.11 Å². The predicted molar refractivity (Wildman–Crippen MR) is 230 cm³/mol. The summed E-state index contributed by atoms with van der Waals surface area (Å²) in [6.45, 7) is 4.67. The van der Waals surface area contributed by atoms with Gasteiger partial charge in [-0.25, -0.2) is 9.48 Å². The largest absolute Gasteiger partial charge is 0.478 e. The van der Waals surface area contributed by atoms with E-state index in [1.807, 2.05) is 29.0 Å². The molecule has 2 aliphatic rings. The summed E-state index contributed by atoms with van der Waals surface area (Å²) in [5.41, 5.74) is 6.03. The fourth-order valence-electron chi connectivity index (χ4n) is 7.42. The maximum absolute atomic E-state index is 13.0. The number of hydrogen-bond acceptors (Lipinski definition) is 8. The third-order valence-electron chi connectivity index (χ3n) is 10.8. The molecular formula is C42H48Cl2N4O3S4. The lowest BCUT2D eigenvalue weighted by Crippen LogP contribution is -2.26. The molecule has 8 rings (SSSR count). The number of thiophene rings is 4. The van der Waals surface area contributed by atoms with Crippen molar-refractivity contribution in [2.45, 2.75) is 115 Å².